The molecule has 1 aromatic carbocycles. The lowest BCUT2D eigenvalue weighted by molar-refractivity contribution is 0.424. The van der Waals surface area contributed by atoms with Crippen LogP contribution in [0.5, 0.6) is 0 Å². The molecule has 0 unspecified atom stereocenters. The summed E-state index contributed by atoms with van der Waals surface area (Å²) in [6.07, 6.45) is 0. The van der Waals surface area contributed by atoms with Gasteiger partial charge in [-0.2, -0.15) is 0 Å². The summed E-state index contributed by atoms with van der Waals surface area (Å²) in [6, 6.07) is 9.59. The van der Waals surface area contributed by atoms with E-state index < -0.39 is 0 Å². The molecule has 80 valence electrons. The lowest BCUT2D eigenvalue weighted by Crippen LogP contribution is -1.79. The van der Waals surface area contributed by atoms with E-state index in [-0.39, 0.29) is 0 Å². The summed E-state index contributed by atoms with van der Waals surface area (Å²) in [6.45, 7) is 2.02. The second-order valence-corrected chi connectivity index (χ2v) is 3.77. The first kappa shape index (κ1) is 9.03. The fourth-order valence-electron chi connectivity index (χ4n) is 1.66. The van der Waals surface area contributed by atoms with Gasteiger partial charge in [0, 0.05) is 11.5 Å². The quantitative estimate of drug-likeness (QED) is 0.676. The topological polar surface area (TPSA) is 65.2 Å². The van der Waals surface area contributed by atoms with Gasteiger partial charge >= 0.3 is 0 Å². The van der Waals surface area contributed by atoms with E-state index in [9.17, 15) is 0 Å². The maximum absolute atomic E-state index is 5.66. The molecular weight excluding hydrogens is 204 g/mol. The minimum absolute atomic E-state index is 0.353. The Hall–Kier alpha value is -2.23. The Balaban J connectivity index is 2.18. The number of nitrogen functional groups attached to an aromatic ring is 1. The molecule has 0 saturated carbocycles. The molecule has 2 aromatic heterocycles. The van der Waals surface area contributed by atoms with Crippen molar-refractivity contribution in [3.63, 3.8) is 0 Å². The van der Waals surface area contributed by atoms with E-state index in [2.05, 4.69) is 5.16 Å². The molecule has 0 aliphatic rings. The van der Waals surface area contributed by atoms with Crippen molar-refractivity contribution in [1.29, 1.82) is 0 Å². The number of furan rings is 1. The zero-order chi connectivity index (χ0) is 11.1. The first-order chi connectivity index (χ1) is 7.72. The van der Waals surface area contributed by atoms with Crippen molar-refractivity contribution in [3.8, 4) is 11.5 Å². The van der Waals surface area contributed by atoms with Crippen molar-refractivity contribution in [2.24, 2.45) is 0 Å². The second-order valence-electron chi connectivity index (χ2n) is 3.77. The molecule has 3 aromatic rings. The van der Waals surface area contributed by atoms with Gasteiger partial charge in [-0.3, -0.25) is 0 Å². The number of aryl methyl sites for hydroxylation is 1. The maximum Gasteiger partial charge on any atom is 0.204 e. The van der Waals surface area contributed by atoms with Gasteiger partial charge in [-0.15, -0.1) is 0 Å². The molecule has 4 heteroatoms. The van der Waals surface area contributed by atoms with Crippen molar-refractivity contribution in [3.05, 3.63) is 35.9 Å². The number of benzene rings is 1. The predicted octanol–water partition coefficient (Wildman–Crippen LogP) is 2.98. The summed E-state index contributed by atoms with van der Waals surface area (Å²) in [7, 11) is 0. The Morgan fingerprint density at radius 2 is 2.00 bits per heavy atom. The van der Waals surface area contributed by atoms with Crippen molar-refractivity contribution in [2.45, 2.75) is 6.92 Å². The normalized spacial score (nSPS) is 11.1. The number of aromatic nitrogens is 1. The van der Waals surface area contributed by atoms with Crippen LogP contribution in [-0.2, 0) is 0 Å². The highest BCUT2D eigenvalue weighted by Gasteiger charge is 2.10. The van der Waals surface area contributed by atoms with E-state index >= 15 is 0 Å². The minimum atomic E-state index is 0.353. The van der Waals surface area contributed by atoms with Crippen LogP contribution in [0.15, 0.2) is 39.3 Å². The largest absolute Gasteiger partial charge is 0.453 e. The molecule has 0 aliphatic heterocycles. The molecule has 16 heavy (non-hydrogen) atoms. The van der Waals surface area contributed by atoms with E-state index in [1.807, 2.05) is 31.2 Å². The Morgan fingerprint density at radius 1 is 1.12 bits per heavy atom. The number of fused-ring (bicyclic) bond motifs is 1. The van der Waals surface area contributed by atoms with E-state index in [4.69, 9.17) is 14.7 Å². The van der Waals surface area contributed by atoms with Crippen LogP contribution in [0.4, 0.5) is 5.82 Å². The lowest BCUT2D eigenvalue weighted by Gasteiger charge is -1.89. The number of hydrogen-bond donors (Lipinski definition) is 1. The third-order valence-corrected chi connectivity index (χ3v) is 2.45. The highest BCUT2D eigenvalue weighted by molar-refractivity contribution is 5.82. The molecule has 0 atom stereocenters. The Bertz CT molecular complexity index is 652. The van der Waals surface area contributed by atoms with Crippen molar-refractivity contribution in [2.75, 3.05) is 5.73 Å². The molecular formula is C12H10N2O2. The van der Waals surface area contributed by atoms with Crippen LogP contribution < -0.4 is 5.73 Å². The lowest BCUT2D eigenvalue weighted by atomic mass is 10.2. The average molecular weight is 214 g/mol. The highest BCUT2D eigenvalue weighted by atomic mass is 16.5. The van der Waals surface area contributed by atoms with Gasteiger partial charge in [-0.1, -0.05) is 17.3 Å². The molecule has 0 saturated heterocycles. The second kappa shape index (κ2) is 3.13. The van der Waals surface area contributed by atoms with Crippen LogP contribution in [-0.4, -0.2) is 5.16 Å². The van der Waals surface area contributed by atoms with Crippen molar-refractivity contribution < 1.29 is 8.94 Å². The van der Waals surface area contributed by atoms with Crippen LogP contribution in [0.25, 0.3) is 22.5 Å². The Morgan fingerprint density at radius 3 is 2.75 bits per heavy atom. The van der Waals surface area contributed by atoms with Crippen LogP contribution in [0.3, 0.4) is 0 Å². The van der Waals surface area contributed by atoms with E-state index in [1.54, 1.807) is 6.07 Å². The van der Waals surface area contributed by atoms with Gasteiger partial charge in [0.15, 0.2) is 11.6 Å². The molecule has 2 heterocycles. The Labute approximate surface area is 91.6 Å². The first-order valence-electron chi connectivity index (χ1n) is 4.95. The van der Waals surface area contributed by atoms with Gasteiger partial charge in [-0.05, 0) is 24.6 Å². The zero-order valence-corrected chi connectivity index (χ0v) is 8.73. The third-order valence-electron chi connectivity index (χ3n) is 2.45. The number of anilines is 1. The summed E-state index contributed by atoms with van der Waals surface area (Å²) in [5.74, 6) is 1.54. The molecule has 0 amide bonds. The Kier molecular flexibility index (Phi) is 1.77. The smallest absolute Gasteiger partial charge is 0.204 e. The zero-order valence-electron chi connectivity index (χ0n) is 8.73. The fraction of sp³-hybridized carbons (Fsp3) is 0.0833. The summed E-state index contributed by atoms with van der Waals surface area (Å²) in [4.78, 5) is 0. The number of nitrogens with two attached hydrogens (primary N) is 1. The minimum Gasteiger partial charge on any atom is -0.453 e. The van der Waals surface area contributed by atoms with Crippen LogP contribution in [0, 0.1) is 6.92 Å². The van der Waals surface area contributed by atoms with E-state index in [0.717, 1.165) is 16.5 Å². The maximum atomic E-state index is 5.66. The van der Waals surface area contributed by atoms with Gasteiger partial charge in [0.25, 0.3) is 0 Å². The third kappa shape index (κ3) is 1.35. The van der Waals surface area contributed by atoms with Gasteiger partial charge in [0.2, 0.25) is 5.76 Å². The van der Waals surface area contributed by atoms with Crippen LogP contribution in [0.1, 0.15) is 5.56 Å². The average Bonchev–Trinajstić information content (AvgIpc) is 2.83. The fourth-order valence-corrected chi connectivity index (χ4v) is 1.66. The van der Waals surface area contributed by atoms with E-state index in [1.165, 1.54) is 0 Å². The molecule has 4 nitrogen and oxygen atoms in total. The SMILES string of the molecule is Cc1ccc2cc(-c3cc(N)no3)oc2c1. The summed E-state index contributed by atoms with van der Waals surface area (Å²) >= 11 is 0. The number of rotatable bonds is 1. The molecule has 2 N–H and O–H groups in total. The van der Waals surface area contributed by atoms with Gasteiger partial charge < -0.3 is 14.7 Å². The summed E-state index contributed by atoms with van der Waals surface area (Å²) < 4.78 is 10.7. The molecule has 3 rings (SSSR count). The van der Waals surface area contributed by atoms with Crippen LogP contribution in [0.2, 0.25) is 0 Å². The van der Waals surface area contributed by atoms with Gasteiger partial charge in [0.1, 0.15) is 5.58 Å². The monoisotopic (exact) mass is 214 g/mol. The molecule has 0 aliphatic carbocycles. The molecule has 0 spiro atoms. The molecule has 0 bridgehead atoms. The van der Waals surface area contributed by atoms with Crippen molar-refractivity contribution >= 4 is 16.8 Å². The number of hydrogen-bond acceptors (Lipinski definition) is 4. The summed E-state index contributed by atoms with van der Waals surface area (Å²) in [5.41, 5.74) is 7.48. The number of nitrogens with zero attached hydrogens (tertiary/aromatic N) is 1. The van der Waals surface area contributed by atoms with E-state index in [0.29, 0.717) is 17.3 Å². The summed E-state index contributed by atoms with van der Waals surface area (Å²) in [5, 5.41) is 4.66. The van der Waals surface area contributed by atoms with Crippen LogP contribution >= 0.6 is 0 Å². The molecule has 0 fully saturated rings. The standard InChI is InChI=1S/C12H10N2O2/c1-7-2-3-8-5-10(15-9(8)4-7)11-6-12(13)14-16-11/h2-6H,1H3,(H2,13,14). The van der Waals surface area contributed by atoms with Gasteiger partial charge in [-0.25, -0.2) is 0 Å². The predicted molar refractivity (Wildman–Crippen MR) is 60.9 cm³/mol. The molecule has 0 radical (unpaired) electrons. The van der Waals surface area contributed by atoms with Gasteiger partial charge in [0.05, 0.1) is 0 Å². The first-order valence-corrected chi connectivity index (χ1v) is 4.95. The highest BCUT2D eigenvalue weighted by Crippen LogP contribution is 2.29. The van der Waals surface area contributed by atoms with Crippen molar-refractivity contribution in [1.82, 2.24) is 5.16 Å².